The van der Waals surface area contributed by atoms with Crippen molar-refractivity contribution < 1.29 is 17.7 Å². The first kappa shape index (κ1) is 22.2. The van der Waals surface area contributed by atoms with Crippen LogP contribution in [0, 0.1) is 6.92 Å². The van der Waals surface area contributed by atoms with E-state index in [0.717, 1.165) is 5.56 Å². The summed E-state index contributed by atoms with van der Waals surface area (Å²) in [7, 11) is -3.69. The number of carbonyl (C=O) groups excluding carboxylic acids is 1. The van der Waals surface area contributed by atoms with Crippen LogP contribution in [-0.2, 0) is 10.0 Å². The maximum Gasteiger partial charge on any atom is 0.261 e. The number of benzene rings is 3. The summed E-state index contributed by atoms with van der Waals surface area (Å²) in [5, 5.41) is 6.79. The lowest BCUT2D eigenvalue weighted by molar-refractivity contribution is 0.0932. The third-order valence-electron chi connectivity index (χ3n) is 4.92. The fourth-order valence-electron chi connectivity index (χ4n) is 3.08. The number of aryl methyl sites for hydroxylation is 1. The van der Waals surface area contributed by atoms with Crippen LogP contribution in [-0.4, -0.2) is 24.5 Å². The molecule has 3 aromatic carbocycles. The van der Waals surface area contributed by atoms with Crippen molar-refractivity contribution in [3.63, 3.8) is 0 Å². The van der Waals surface area contributed by atoms with E-state index in [1.807, 2.05) is 13.0 Å². The summed E-state index contributed by atoms with van der Waals surface area (Å²) < 4.78 is 33.0. The van der Waals surface area contributed by atoms with Gasteiger partial charge in [-0.05, 0) is 62.4 Å². The van der Waals surface area contributed by atoms with Gasteiger partial charge in [0.1, 0.15) is 6.04 Å². The van der Waals surface area contributed by atoms with Gasteiger partial charge in [-0.15, -0.1) is 0 Å². The van der Waals surface area contributed by atoms with Crippen LogP contribution in [0.1, 0.15) is 34.8 Å². The standard InChI is InChI=1S/C24H22N4O4S/c1-16-8-14-21(15-9-16)33(30,31)28-20-12-10-18(11-13-20)22-26-24(32-27-22)17(2)25-23(29)19-6-4-3-5-7-19/h3-15,17,28H,1-2H3,(H,25,29). The van der Waals surface area contributed by atoms with Gasteiger partial charge in [-0.2, -0.15) is 4.98 Å². The van der Waals surface area contributed by atoms with E-state index in [1.54, 1.807) is 79.7 Å². The second kappa shape index (κ2) is 9.25. The molecular weight excluding hydrogens is 440 g/mol. The third-order valence-corrected chi connectivity index (χ3v) is 6.32. The Morgan fingerprint density at radius 2 is 1.61 bits per heavy atom. The molecule has 4 rings (SSSR count). The minimum Gasteiger partial charge on any atom is -0.341 e. The molecule has 0 aliphatic rings. The predicted octanol–water partition coefficient (Wildman–Crippen LogP) is 4.34. The van der Waals surface area contributed by atoms with Crippen molar-refractivity contribution in [2.45, 2.75) is 24.8 Å². The maximum absolute atomic E-state index is 12.6. The van der Waals surface area contributed by atoms with Gasteiger partial charge in [-0.25, -0.2) is 8.42 Å². The van der Waals surface area contributed by atoms with Crippen LogP contribution in [0.15, 0.2) is 88.3 Å². The third kappa shape index (κ3) is 5.27. The summed E-state index contributed by atoms with van der Waals surface area (Å²) in [4.78, 5) is 16.9. The molecule has 2 N–H and O–H groups in total. The fraction of sp³-hybridized carbons (Fsp3) is 0.125. The van der Waals surface area contributed by atoms with E-state index < -0.39 is 16.1 Å². The molecule has 8 nitrogen and oxygen atoms in total. The SMILES string of the molecule is Cc1ccc(S(=O)(=O)Nc2ccc(-c3noc(C(C)NC(=O)c4ccccc4)n3)cc2)cc1. The molecule has 4 aromatic rings. The van der Waals surface area contributed by atoms with Gasteiger partial charge in [-0.1, -0.05) is 41.1 Å². The molecule has 168 valence electrons. The molecule has 0 bridgehead atoms. The molecule has 1 atom stereocenters. The average Bonchev–Trinajstić information content (AvgIpc) is 3.31. The minimum absolute atomic E-state index is 0.187. The highest BCUT2D eigenvalue weighted by molar-refractivity contribution is 7.92. The number of aromatic nitrogens is 2. The number of amides is 1. The summed E-state index contributed by atoms with van der Waals surface area (Å²) in [6.45, 7) is 3.64. The van der Waals surface area contributed by atoms with Crippen molar-refractivity contribution in [1.82, 2.24) is 15.5 Å². The first-order chi connectivity index (χ1) is 15.8. The molecule has 1 aromatic heterocycles. The fourth-order valence-corrected chi connectivity index (χ4v) is 4.14. The van der Waals surface area contributed by atoms with E-state index in [2.05, 4.69) is 20.2 Å². The first-order valence-electron chi connectivity index (χ1n) is 10.2. The number of carbonyl (C=O) groups is 1. The monoisotopic (exact) mass is 462 g/mol. The Bertz CT molecular complexity index is 1350. The zero-order valence-electron chi connectivity index (χ0n) is 18.0. The number of rotatable bonds is 7. The molecule has 0 radical (unpaired) electrons. The van der Waals surface area contributed by atoms with Crippen molar-refractivity contribution in [1.29, 1.82) is 0 Å². The molecule has 0 fully saturated rings. The molecule has 0 saturated heterocycles. The second-order valence-electron chi connectivity index (χ2n) is 7.51. The van der Waals surface area contributed by atoms with Gasteiger partial charge in [0.2, 0.25) is 11.7 Å². The molecule has 1 unspecified atom stereocenters. The Hall–Kier alpha value is -3.98. The second-order valence-corrected chi connectivity index (χ2v) is 9.20. The van der Waals surface area contributed by atoms with E-state index in [0.29, 0.717) is 22.6 Å². The van der Waals surface area contributed by atoms with Crippen LogP contribution in [0.2, 0.25) is 0 Å². The molecule has 0 aliphatic carbocycles. The topological polar surface area (TPSA) is 114 Å². The van der Waals surface area contributed by atoms with Gasteiger partial charge in [0, 0.05) is 16.8 Å². The van der Waals surface area contributed by atoms with Crippen LogP contribution < -0.4 is 10.0 Å². The summed E-state index contributed by atoms with van der Waals surface area (Å²) in [5.74, 6) is 0.352. The van der Waals surface area contributed by atoms with Gasteiger partial charge in [0.05, 0.1) is 4.90 Å². The highest BCUT2D eigenvalue weighted by atomic mass is 32.2. The largest absolute Gasteiger partial charge is 0.341 e. The molecule has 33 heavy (non-hydrogen) atoms. The quantitative estimate of drug-likeness (QED) is 0.422. The summed E-state index contributed by atoms with van der Waals surface area (Å²) in [6, 6.07) is 21.6. The number of hydrogen-bond donors (Lipinski definition) is 2. The first-order valence-corrected chi connectivity index (χ1v) is 11.7. The van der Waals surface area contributed by atoms with Gasteiger partial charge >= 0.3 is 0 Å². The summed E-state index contributed by atoms with van der Waals surface area (Å²) in [5.41, 5.74) is 2.57. The van der Waals surface area contributed by atoms with Crippen molar-refractivity contribution in [2.24, 2.45) is 0 Å². The van der Waals surface area contributed by atoms with Crippen LogP contribution in [0.3, 0.4) is 0 Å². The number of nitrogens with zero attached hydrogens (tertiary/aromatic N) is 2. The normalized spacial score (nSPS) is 12.2. The van der Waals surface area contributed by atoms with E-state index in [1.165, 1.54) is 0 Å². The van der Waals surface area contributed by atoms with Gasteiger partial charge in [0.25, 0.3) is 15.9 Å². The predicted molar refractivity (Wildman–Crippen MR) is 124 cm³/mol. The maximum atomic E-state index is 12.6. The Kier molecular flexibility index (Phi) is 6.23. The van der Waals surface area contributed by atoms with Crippen LogP contribution in [0.25, 0.3) is 11.4 Å². The number of anilines is 1. The summed E-state index contributed by atoms with van der Waals surface area (Å²) >= 11 is 0. The van der Waals surface area contributed by atoms with Crippen molar-refractivity contribution in [2.75, 3.05) is 4.72 Å². The van der Waals surface area contributed by atoms with E-state index in [4.69, 9.17) is 4.52 Å². The van der Waals surface area contributed by atoms with Gasteiger partial charge in [-0.3, -0.25) is 9.52 Å². The number of hydrogen-bond acceptors (Lipinski definition) is 6. The lowest BCUT2D eigenvalue weighted by Gasteiger charge is -2.09. The lowest BCUT2D eigenvalue weighted by Crippen LogP contribution is -2.26. The zero-order chi connectivity index (χ0) is 23.4. The molecule has 1 heterocycles. The van der Waals surface area contributed by atoms with Gasteiger partial charge < -0.3 is 9.84 Å². The average molecular weight is 463 g/mol. The van der Waals surface area contributed by atoms with Crippen molar-refractivity contribution in [3.05, 3.63) is 95.9 Å². The molecule has 0 saturated carbocycles. The highest BCUT2D eigenvalue weighted by Crippen LogP contribution is 2.23. The van der Waals surface area contributed by atoms with E-state index in [-0.39, 0.29) is 16.7 Å². The number of nitrogens with one attached hydrogen (secondary N) is 2. The van der Waals surface area contributed by atoms with E-state index in [9.17, 15) is 13.2 Å². The molecule has 0 spiro atoms. The lowest BCUT2D eigenvalue weighted by atomic mass is 10.2. The Morgan fingerprint density at radius 1 is 0.939 bits per heavy atom. The smallest absolute Gasteiger partial charge is 0.261 e. The van der Waals surface area contributed by atoms with Crippen molar-refractivity contribution >= 4 is 21.6 Å². The highest BCUT2D eigenvalue weighted by Gasteiger charge is 2.19. The Labute approximate surface area is 191 Å². The molecular formula is C24H22N4O4S. The Morgan fingerprint density at radius 3 is 2.27 bits per heavy atom. The molecule has 9 heteroatoms. The van der Waals surface area contributed by atoms with Crippen LogP contribution >= 0.6 is 0 Å². The van der Waals surface area contributed by atoms with E-state index >= 15 is 0 Å². The summed E-state index contributed by atoms with van der Waals surface area (Å²) in [6.07, 6.45) is 0. The zero-order valence-corrected chi connectivity index (χ0v) is 18.8. The Balaban J connectivity index is 1.43. The van der Waals surface area contributed by atoms with Crippen LogP contribution in [0.4, 0.5) is 5.69 Å². The molecule has 0 aliphatic heterocycles. The number of sulfonamides is 1. The van der Waals surface area contributed by atoms with Gasteiger partial charge in [0.15, 0.2) is 0 Å². The van der Waals surface area contributed by atoms with Crippen molar-refractivity contribution in [3.8, 4) is 11.4 Å². The molecule has 1 amide bonds. The van der Waals surface area contributed by atoms with Crippen LogP contribution in [0.5, 0.6) is 0 Å². The minimum atomic E-state index is -3.69.